The van der Waals surface area contributed by atoms with E-state index in [0.29, 0.717) is 19.8 Å². The zero-order valence-corrected chi connectivity index (χ0v) is 15.0. The molecule has 132 valence electrons. The van der Waals surface area contributed by atoms with Crippen LogP contribution in [0.4, 0.5) is 0 Å². The van der Waals surface area contributed by atoms with Gasteiger partial charge in [-0.1, -0.05) is 36.4 Å². The van der Waals surface area contributed by atoms with Gasteiger partial charge in [0.05, 0.1) is 13.2 Å². The first-order valence-electron chi connectivity index (χ1n) is 9.18. The molecule has 0 atom stereocenters. The molecule has 1 saturated heterocycles. The fourth-order valence-corrected chi connectivity index (χ4v) is 2.88. The molecule has 0 bridgehead atoms. The van der Waals surface area contributed by atoms with Crippen LogP contribution in [0.2, 0.25) is 0 Å². The van der Waals surface area contributed by atoms with Crippen LogP contribution in [0.15, 0.2) is 48.6 Å². The average molecular weight is 329 g/mol. The van der Waals surface area contributed by atoms with E-state index in [1.807, 2.05) is 31.2 Å². The van der Waals surface area contributed by atoms with Crippen molar-refractivity contribution in [3.8, 4) is 5.75 Å². The van der Waals surface area contributed by atoms with Gasteiger partial charge in [0.15, 0.2) is 0 Å². The van der Waals surface area contributed by atoms with Crippen molar-refractivity contribution in [2.24, 2.45) is 0 Å². The highest BCUT2D eigenvalue weighted by atomic mass is 16.5. The van der Waals surface area contributed by atoms with E-state index in [2.05, 4.69) is 29.2 Å². The van der Waals surface area contributed by atoms with Gasteiger partial charge in [0, 0.05) is 0 Å². The summed E-state index contributed by atoms with van der Waals surface area (Å²) in [5.74, 6) is 0.923. The second-order valence-electron chi connectivity index (χ2n) is 6.17. The van der Waals surface area contributed by atoms with Gasteiger partial charge in [-0.15, -0.1) is 0 Å². The van der Waals surface area contributed by atoms with Crippen LogP contribution in [0.1, 0.15) is 31.7 Å². The van der Waals surface area contributed by atoms with Gasteiger partial charge in [0.1, 0.15) is 12.4 Å². The third-order valence-electron chi connectivity index (χ3n) is 4.21. The van der Waals surface area contributed by atoms with Crippen molar-refractivity contribution in [2.45, 2.75) is 32.6 Å². The molecule has 1 aromatic carbocycles. The third kappa shape index (κ3) is 7.80. The molecule has 1 fully saturated rings. The Morgan fingerprint density at radius 3 is 2.58 bits per heavy atom. The Balaban J connectivity index is 1.54. The summed E-state index contributed by atoms with van der Waals surface area (Å²) in [7, 11) is 0. The van der Waals surface area contributed by atoms with E-state index in [1.54, 1.807) is 0 Å². The van der Waals surface area contributed by atoms with Crippen LogP contribution >= 0.6 is 0 Å². The Morgan fingerprint density at radius 1 is 1.04 bits per heavy atom. The Kier molecular flexibility index (Phi) is 9.28. The maximum atomic E-state index is 5.70. The largest absolute Gasteiger partial charge is 0.491 e. The molecule has 3 nitrogen and oxygen atoms in total. The normalized spacial score (nSPS) is 15.7. The van der Waals surface area contributed by atoms with Crippen LogP contribution < -0.4 is 4.74 Å². The summed E-state index contributed by atoms with van der Waals surface area (Å²) in [5, 5.41) is 0. The Bertz CT molecular complexity index is 487. The summed E-state index contributed by atoms with van der Waals surface area (Å²) in [5.41, 5.74) is 1.40. The summed E-state index contributed by atoms with van der Waals surface area (Å²) in [6, 6.07) is 8.49. The van der Waals surface area contributed by atoms with Crippen molar-refractivity contribution < 1.29 is 9.47 Å². The highest BCUT2D eigenvalue weighted by Crippen LogP contribution is 2.14. The van der Waals surface area contributed by atoms with Gasteiger partial charge in [0.25, 0.3) is 0 Å². The van der Waals surface area contributed by atoms with Gasteiger partial charge in [-0.2, -0.15) is 0 Å². The maximum Gasteiger partial charge on any atom is 0.119 e. The van der Waals surface area contributed by atoms with Crippen molar-refractivity contribution in [1.29, 1.82) is 0 Å². The number of ether oxygens (including phenoxy) is 2. The quantitative estimate of drug-likeness (QED) is 0.448. The number of allylic oxidation sites excluding steroid dienone is 3. The van der Waals surface area contributed by atoms with Gasteiger partial charge < -0.3 is 14.4 Å². The lowest BCUT2D eigenvalue weighted by atomic mass is 10.1. The van der Waals surface area contributed by atoms with Crippen LogP contribution in [-0.4, -0.2) is 44.4 Å². The Labute approximate surface area is 147 Å². The van der Waals surface area contributed by atoms with Crippen LogP contribution in [0.3, 0.4) is 0 Å². The number of hydrogen-bond acceptors (Lipinski definition) is 3. The van der Waals surface area contributed by atoms with E-state index in [0.717, 1.165) is 12.2 Å². The number of rotatable bonds is 11. The highest BCUT2D eigenvalue weighted by Gasteiger charge is 2.10. The van der Waals surface area contributed by atoms with Crippen LogP contribution in [0.25, 0.3) is 0 Å². The molecule has 24 heavy (non-hydrogen) atoms. The topological polar surface area (TPSA) is 21.7 Å². The second kappa shape index (κ2) is 11.9. The smallest absolute Gasteiger partial charge is 0.119 e. The molecular formula is C21H31NO2. The monoisotopic (exact) mass is 329 g/mol. The van der Waals surface area contributed by atoms with Crippen molar-refractivity contribution in [1.82, 2.24) is 4.90 Å². The molecule has 0 radical (unpaired) electrons. The first kappa shape index (κ1) is 18.8. The molecule has 1 heterocycles. The van der Waals surface area contributed by atoms with Crippen molar-refractivity contribution in [3.63, 3.8) is 0 Å². The van der Waals surface area contributed by atoms with Gasteiger partial charge in [-0.3, -0.25) is 0 Å². The number of likely N-dealkylation sites (tertiary alicyclic amines) is 1. The summed E-state index contributed by atoms with van der Waals surface area (Å²) in [6.45, 7) is 7.64. The summed E-state index contributed by atoms with van der Waals surface area (Å²) >= 11 is 0. The average Bonchev–Trinajstić information content (AvgIpc) is 3.12. The van der Waals surface area contributed by atoms with Gasteiger partial charge >= 0.3 is 0 Å². The standard InChI is InChI=1S/C21H31NO2/c1-2-3-4-7-17-23-18-19-24-21-12-10-20(11-13-21)9-8-16-22-14-5-6-15-22/h2-4,7,10-13H,5-6,8-9,14-19H2,1H3/b3-2-,7-4-. The lowest BCUT2D eigenvalue weighted by Crippen LogP contribution is -2.20. The molecule has 0 saturated carbocycles. The SMILES string of the molecule is C/C=C\C=C/COCCOc1ccc(CCCN2CCCC2)cc1. The lowest BCUT2D eigenvalue weighted by molar-refractivity contribution is 0.121. The first-order chi connectivity index (χ1) is 11.9. The zero-order chi connectivity index (χ0) is 16.9. The second-order valence-corrected chi connectivity index (χ2v) is 6.17. The molecule has 0 aromatic heterocycles. The lowest BCUT2D eigenvalue weighted by Gasteiger charge is -2.14. The van der Waals surface area contributed by atoms with Crippen LogP contribution in [0.5, 0.6) is 5.75 Å². The number of benzene rings is 1. The number of aryl methyl sites for hydroxylation is 1. The summed E-state index contributed by atoms with van der Waals surface area (Å²) in [4.78, 5) is 2.57. The molecule has 0 unspecified atom stereocenters. The number of nitrogens with zero attached hydrogens (tertiary/aromatic N) is 1. The molecule has 3 heteroatoms. The van der Waals surface area contributed by atoms with E-state index in [-0.39, 0.29) is 0 Å². The summed E-state index contributed by atoms with van der Waals surface area (Å²) < 4.78 is 11.2. The number of hydrogen-bond donors (Lipinski definition) is 0. The highest BCUT2D eigenvalue weighted by molar-refractivity contribution is 5.27. The van der Waals surface area contributed by atoms with Crippen molar-refractivity contribution in [3.05, 3.63) is 54.1 Å². The zero-order valence-electron chi connectivity index (χ0n) is 15.0. The Hall–Kier alpha value is -1.58. The molecule has 1 aliphatic rings. The molecule has 0 amide bonds. The molecule has 0 aliphatic carbocycles. The Morgan fingerprint density at radius 2 is 1.83 bits per heavy atom. The van der Waals surface area contributed by atoms with E-state index < -0.39 is 0 Å². The molecule has 0 spiro atoms. The van der Waals surface area contributed by atoms with Crippen molar-refractivity contribution >= 4 is 0 Å². The molecule has 1 aromatic rings. The minimum absolute atomic E-state index is 0.589. The molecular weight excluding hydrogens is 298 g/mol. The van der Waals surface area contributed by atoms with E-state index >= 15 is 0 Å². The van der Waals surface area contributed by atoms with Crippen molar-refractivity contribution in [2.75, 3.05) is 39.5 Å². The fraction of sp³-hybridized carbons (Fsp3) is 0.524. The minimum Gasteiger partial charge on any atom is -0.491 e. The van der Waals surface area contributed by atoms with Crippen LogP contribution in [-0.2, 0) is 11.2 Å². The molecule has 2 rings (SSSR count). The fourth-order valence-electron chi connectivity index (χ4n) is 2.88. The van der Waals surface area contributed by atoms with Gasteiger partial charge in [-0.25, -0.2) is 0 Å². The first-order valence-corrected chi connectivity index (χ1v) is 9.18. The molecule has 0 N–H and O–H groups in total. The predicted molar refractivity (Wildman–Crippen MR) is 101 cm³/mol. The van der Waals surface area contributed by atoms with E-state index in [4.69, 9.17) is 9.47 Å². The predicted octanol–water partition coefficient (Wildman–Crippen LogP) is 4.24. The summed E-state index contributed by atoms with van der Waals surface area (Å²) in [6.07, 6.45) is 13.1. The van der Waals surface area contributed by atoms with Crippen LogP contribution in [0, 0.1) is 0 Å². The van der Waals surface area contributed by atoms with E-state index in [1.165, 1.54) is 44.5 Å². The molecule has 1 aliphatic heterocycles. The van der Waals surface area contributed by atoms with E-state index in [9.17, 15) is 0 Å². The van der Waals surface area contributed by atoms with Gasteiger partial charge in [-0.05, 0) is 69.9 Å². The van der Waals surface area contributed by atoms with Gasteiger partial charge in [0.2, 0.25) is 0 Å². The minimum atomic E-state index is 0.589. The maximum absolute atomic E-state index is 5.70. The third-order valence-corrected chi connectivity index (χ3v) is 4.21.